The Bertz CT molecular complexity index is 1230. The second-order valence-corrected chi connectivity index (χ2v) is 7.88. The van der Waals surface area contributed by atoms with E-state index < -0.39 is 6.10 Å². The Morgan fingerprint density at radius 3 is 2.70 bits per heavy atom. The quantitative estimate of drug-likeness (QED) is 0.398. The van der Waals surface area contributed by atoms with E-state index >= 15 is 0 Å². The summed E-state index contributed by atoms with van der Waals surface area (Å²) in [6, 6.07) is 17.1. The smallest absolute Gasteiger partial charge is 0.259 e. The number of aromatic amines is 1. The van der Waals surface area contributed by atoms with Gasteiger partial charge in [-0.25, -0.2) is 0 Å². The zero-order valence-electron chi connectivity index (χ0n) is 18.1. The number of nitrogens with one attached hydrogen (secondary N) is 3. The van der Waals surface area contributed by atoms with E-state index in [2.05, 4.69) is 40.9 Å². The van der Waals surface area contributed by atoms with Crippen LogP contribution in [0, 0.1) is 0 Å². The maximum absolute atomic E-state index is 12.6. The maximum Gasteiger partial charge on any atom is 0.259 e. The van der Waals surface area contributed by atoms with Gasteiger partial charge in [-0.05, 0) is 36.2 Å². The normalized spacial score (nSPS) is 16.6. The topological polar surface area (TPSA) is 121 Å². The summed E-state index contributed by atoms with van der Waals surface area (Å²) >= 11 is 0. The van der Waals surface area contributed by atoms with Crippen LogP contribution in [0.2, 0.25) is 0 Å². The Hall–Kier alpha value is -4.05. The van der Waals surface area contributed by atoms with Crippen molar-refractivity contribution >= 4 is 34.4 Å². The van der Waals surface area contributed by atoms with Gasteiger partial charge in [0.2, 0.25) is 0 Å². The molecule has 0 spiro atoms. The predicted octanol–water partition coefficient (Wildman–Crippen LogP) is 2.76. The molecule has 0 bridgehead atoms. The fourth-order valence-corrected chi connectivity index (χ4v) is 3.98. The number of anilines is 3. The molecule has 3 N–H and O–H groups in total. The number of nitrogens with zero attached hydrogens (tertiary/aromatic N) is 5. The van der Waals surface area contributed by atoms with Crippen LogP contribution in [-0.4, -0.2) is 57.5 Å². The molecular formula is C23H24N8O2. The number of H-pyrrole nitrogens is 1. The van der Waals surface area contributed by atoms with E-state index in [1.165, 1.54) is 7.11 Å². The Morgan fingerprint density at radius 2 is 1.91 bits per heavy atom. The Labute approximate surface area is 190 Å². The zero-order valence-corrected chi connectivity index (χ0v) is 18.1. The van der Waals surface area contributed by atoms with Crippen LogP contribution in [0.4, 0.5) is 17.5 Å². The van der Waals surface area contributed by atoms with E-state index in [9.17, 15) is 4.79 Å². The summed E-state index contributed by atoms with van der Waals surface area (Å²) in [4.78, 5) is 17.9. The van der Waals surface area contributed by atoms with E-state index in [0.29, 0.717) is 11.6 Å². The molecule has 10 nitrogen and oxygen atoms in total. The SMILES string of the molecule is COC(C(=O)Nc1ccc(NC2CCN(c3cc4cc[nH]c4nn3)C2)nn1)c1ccccc1. The molecule has 10 heteroatoms. The van der Waals surface area contributed by atoms with Crippen molar-refractivity contribution in [3.8, 4) is 0 Å². The predicted molar refractivity (Wildman–Crippen MR) is 125 cm³/mol. The third-order valence-electron chi connectivity index (χ3n) is 5.65. The van der Waals surface area contributed by atoms with Crippen LogP contribution >= 0.6 is 0 Å². The average Bonchev–Trinajstić information content (AvgIpc) is 3.50. The standard InChI is InChI=1S/C23H24N8O2/c1-33-21(15-5-3-2-4-6-15)23(32)26-19-8-7-18(27-28-19)25-17-10-12-31(14-17)20-13-16-9-11-24-22(16)30-29-20/h2-9,11,13,17,21H,10,12,14H2,1H3,(H,24,30)(H,25,27)(H,26,28,32). The van der Waals surface area contributed by atoms with Crippen molar-refractivity contribution in [2.45, 2.75) is 18.6 Å². The first-order valence-corrected chi connectivity index (χ1v) is 10.7. The molecule has 4 aromatic rings. The number of aromatic nitrogens is 5. The first-order chi connectivity index (χ1) is 16.2. The lowest BCUT2D eigenvalue weighted by Gasteiger charge is -2.18. The van der Waals surface area contributed by atoms with Gasteiger partial charge in [0, 0.05) is 37.8 Å². The van der Waals surface area contributed by atoms with Gasteiger partial charge in [0.1, 0.15) is 5.82 Å². The van der Waals surface area contributed by atoms with E-state index in [0.717, 1.165) is 41.9 Å². The highest BCUT2D eigenvalue weighted by atomic mass is 16.5. The van der Waals surface area contributed by atoms with Crippen molar-refractivity contribution in [3.63, 3.8) is 0 Å². The number of ether oxygens (including phenoxy) is 1. The largest absolute Gasteiger partial charge is 0.367 e. The molecule has 3 aromatic heterocycles. The van der Waals surface area contributed by atoms with Gasteiger partial charge >= 0.3 is 0 Å². The van der Waals surface area contributed by atoms with Gasteiger partial charge in [0.05, 0.1) is 0 Å². The highest BCUT2D eigenvalue weighted by molar-refractivity contribution is 5.94. The van der Waals surface area contributed by atoms with Crippen LogP contribution in [0.1, 0.15) is 18.1 Å². The molecule has 4 heterocycles. The molecule has 1 amide bonds. The summed E-state index contributed by atoms with van der Waals surface area (Å²) in [5.74, 6) is 1.58. The van der Waals surface area contributed by atoms with E-state index in [-0.39, 0.29) is 11.9 Å². The second kappa shape index (κ2) is 9.21. The van der Waals surface area contributed by atoms with Gasteiger partial charge in [-0.3, -0.25) is 4.79 Å². The first-order valence-electron chi connectivity index (χ1n) is 10.7. The van der Waals surface area contributed by atoms with E-state index in [1.54, 1.807) is 12.1 Å². The summed E-state index contributed by atoms with van der Waals surface area (Å²) in [5.41, 5.74) is 1.56. The Kier molecular flexibility index (Phi) is 5.81. The monoisotopic (exact) mass is 444 g/mol. The van der Waals surface area contributed by atoms with Crippen LogP contribution in [0.25, 0.3) is 11.0 Å². The molecule has 1 aromatic carbocycles. The number of carbonyl (C=O) groups excluding carboxylic acids is 1. The minimum Gasteiger partial charge on any atom is -0.367 e. The minimum atomic E-state index is -0.719. The summed E-state index contributed by atoms with van der Waals surface area (Å²) in [5, 5.41) is 24.1. The van der Waals surface area contributed by atoms with Crippen LogP contribution in [0.5, 0.6) is 0 Å². The van der Waals surface area contributed by atoms with Crippen molar-refractivity contribution in [1.29, 1.82) is 0 Å². The lowest BCUT2D eigenvalue weighted by molar-refractivity contribution is -0.126. The fourth-order valence-electron chi connectivity index (χ4n) is 3.98. The molecule has 2 atom stereocenters. The molecule has 0 radical (unpaired) electrons. The molecule has 1 aliphatic heterocycles. The Balaban J connectivity index is 1.17. The van der Waals surface area contributed by atoms with E-state index in [4.69, 9.17) is 4.74 Å². The van der Waals surface area contributed by atoms with Crippen molar-refractivity contribution in [2.24, 2.45) is 0 Å². The minimum absolute atomic E-state index is 0.208. The summed E-state index contributed by atoms with van der Waals surface area (Å²) < 4.78 is 5.36. The molecule has 0 aliphatic carbocycles. The van der Waals surface area contributed by atoms with Crippen LogP contribution in [0.15, 0.2) is 60.8 Å². The highest BCUT2D eigenvalue weighted by Gasteiger charge is 2.25. The van der Waals surface area contributed by atoms with Crippen molar-refractivity contribution in [2.75, 3.05) is 35.7 Å². The Morgan fingerprint density at radius 1 is 1.09 bits per heavy atom. The molecular weight excluding hydrogens is 420 g/mol. The van der Waals surface area contributed by atoms with E-state index in [1.807, 2.05) is 48.7 Å². The summed E-state index contributed by atoms with van der Waals surface area (Å²) in [6.45, 7) is 1.67. The van der Waals surface area contributed by atoms with Gasteiger partial charge in [-0.1, -0.05) is 30.3 Å². The number of hydrogen-bond acceptors (Lipinski definition) is 8. The number of benzene rings is 1. The number of rotatable bonds is 7. The van der Waals surface area contributed by atoms with Crippen LogP contribution in [0.3, 0.4) is 0 Å². The van der Waals surface area contributed by atoms with Gasteiger partial charge < -0.3 is 25.3 Å². The molecule has 1 fully saturated rings. The van der Waals surface area contributed by atoms with Crippen LogP contribution in [-0.2, 0) is 9.53 Å². The third-order valence-corrected chi connectivity index (χ3v) is 5.65. The lowest BCUT2D eigenvalue weighted by atomic mass is 10.1. The lowest BCUT2D eigenvalue weighted by Crippen LogP contribution is -2.27. The molecule has 2 unspecified atom stereocenters. The summed E-state index contributed by atoms with van der Waals surface area (Å²) in [7, 11) is 1.50. The second-order valence-electron chi connectivity index (χ2n) is 7.88. The number of hydrogen-bond donors (Lipinski definition) is 3. The van der Waals surface area contributed by atoms with Gasteiger partial charge in [0.25, 0.3) is 5.91 Å². The number of amides is 1. The molecule has 1 saturated heterocycles. The molecule has 1 aliphatic rings. The van der Waals surface area contributed by atoms with Crippen LogP contribution < -0.4 is 15.5 Å². The zero-order chi connectivity index (χ0) is 22.6. The first kappa shape index (κ1) is 20.8. The molecule has 0 saturated carbocycles. The van der Waals surface area contributed by atoms with Gasteiger partial charge in [0.15, 0.2) is 23.4 Å². The molecule has 5 rings (SSSR count). The third kappa shape index (κ3) is 4.60. The molecule has 168 valence electrons. The van der Waals surface area contributed by atoms with Gasteiger partial charge in [-0.15, -0.1) is 20.4 Å². The maximum atomic E-state index is 12.6. The fraction of sp³-hybridized carbons (Fsp3) is 0.261. The molecule has 33 heavy (non-hydrogen) atoms. The summed E-state index contributed by atoms with van der Waals surface area (Å²) in [6.07, 6.45) is 2.09. The van der Waals surface area contributed by atoms with Crippen molar-refractivity contribution in [3.05, 3.63) is 66.4 Å². The van der Waals surface area contributed by atoms with Crippen molar-refractivity contribution < 1.29 is 9.53 Å². The van der Waals surface area contributed by atoms with Crippen molar-refractivity contribution in [1.82, 2.24) is 25.4 Å². The van der Waals surface area contributed by atoms with Gasteiger partial charge in [-0.2, -0.15) is 0 Å². The number of carbonyl (C=O) groups is 1. The number of methoxy groups -OCH3 is 1. The average molecular weight is 444 g/mol. The number of fused-ring (bicyclic) bond motifs is 1. The highest BCUT2D eigenvalue weighted by Crippen LogP contribution is 2.23.